The molecule has 130 valence electrons. The molecule has 3 rings (SSSR count). The molecule has 2 atom stereocenters. The van der Waals surface area contributed by atoms with E-state index in [-0.39, 0.29) is 29.7 Å². The standard InChI is InChI=1S/C18H18Cl2N4O/c19-15-4-2-1-3-12(15)6-8-14-16(20)23-18(21)24-17(14)22-13-7-5-11(9-13)10-25/h1-8,11,13,25H,9-10H2,(H3,21,22,23,24)/t11-,13+/m1/s1. The zero-order valence-corrected chi connectivity index (χ0v) is 14.9. The highest BCUT2D eigenvalue weighted by Crippen LogP contribution is 2.28. The Kier molecular flexibility index (Phi) is 5.58. The second kappa shape index (κ2) is 7.87. The number of aliphatic hydroxyl groups is 1. The number of anilines is 2. The topological polar surface area (TPSA) is 84.1 Å². The molecule has 0 aliphatic heterocycles. The van der Waals surface area contributed by atoms with Gasteiger partial charge in [0.15, 0.2) is 0 Å². The number of hydrogen-bond acceptors (Lipinski definition) is 5. The molecule has 7 heteroatoms. The van der Waals surface area contributed by atoms with Crippen molar-refractivity contribution >= 4 is 47.1 Å². The molecule has 4 N–H and O–H groups in total. The zero-order valence-electron chi connectivity index (χ0n) is 13.4. The van der Waals surface area contributed by atoms with Gasteiger partial charge in [-0.15, -0.1) is 0 Å². The molecule has 2 aromatic rings. The van der Waals surface area contributed by atoms with E-state index in [0.29, 0.717) is 16.4 Å². The van der Waals surface area contributed by atoms with Gasteiger partial charge in [-0.05, 0) is 24.1 Å². The molecule has 1 aliphatic carbocycles. The van der Waals surface area contributed by atoms with Crippen LogP contribution < -0.4 is 11.1 Å². The van der Waals surface area contributed by atoms with Gasteiger partial charge in [0.2, 0.25) is 5.95 Å². The lowest BCUT2D eigenvalue weighted by Gasteiger charge is -2.16. The van der Waals surface area contributed by atoms with E-state index >= 15 is 0 Å². The van der Waals surface area contributed by atoms with Crippen molar-refractivity contribution in [1.29, 1.82) is 0 Å². The average molecular weight is 377 g/mol. The number of nitrogens with one attached hydrogen (secondary N) is 1. The number of hydrogen-bond donors (Lipinski definition) is 3. The molecule has 1 heterocycles. The van der Waals surface area contributed by atoms with Crippen LogP contribution in [0, 0.1) is 5.92 Å². The van der Waals surface area contributed by atoms with Crippen LogP contribution >= 0.6 is 23.2 Å². The SMILES string of the molecule is Nc1nc(Cl)c(C=Cc2ccccc2Cl)c(N[C@H]2C=C[C@@H](CO)C2)n1. The summed E-state index contributed by atoms with van der Waals surface area (Å²) >= 11 is 12.4. The van der Waals surface area contributed by atoms with Crippen LogP contribution in [0.5, 0.6) is 0 Å². The Balaban J connectivity index is 1.88. The van der Waals surface area contributed by atoms with E-state index in [1.807, 2.05) is 48.6 Å². The van der Waals surface area contributed by atoms with Gasteiger partial charge in [-0.1, -0.05) is 59.6 Å². The predicted octanol–water partition coefficient (Wildman–Crippen LogP) is 3.88. The second-order valence-electron chi connectivity index (χ2n) is 5.80. The van der Waals surface area contributed by atoms with Gasteiger partial charge >= 0.3 is 0 Å². The average Bonchev–Trinajstić information content (AvgIpc) is 3.03. The first-order valence-corrected chi connectivity index (χ1v) is 8.63. The molecule has 0 saturated carbocycles. The van der Waals surface area contributed by atoms with Crippen LogP contribution in [0.3, 0.4) is 0 Å². The first-order valence-electron chi connectivity index (χ1n) is 7.88. The molecule has 0 bridgehead atoms. The number of nitrogens with two attached hydrogens (primary N) is 1. The Morgan fingerprint density at radius 2 is 2.00 bits per heavy atom. The Bertz CT molecular complexity index is 823. The van der Waals surface area contributed by atoms with Crippen LogP contribution in [0.15, 0.2) is 36.4 Å². The molecule has 0 saturated heterocycles. The summed E-state index contributed by atoms with van der Waals surface area (Å²) in [6.45, 7) is 0.126. The Hall–Kier alpha value is -2.08. The maximum Gasteiger partial charge on any atom is 0.223 e. The van der Waals surface area contributed by atoms with Gasteiger partial charge in [-0.2, -0.15) is 4.98 Å². The summed E-state index contributed by atoms with van der Waals surface area (Å²) in [7, 11) is 0. The fourth-order valence-electron chi connectivity index (χ4n) is 2.69. The third-order valence-corrected chi connectivity index (χ3v) is 4.61. The van der Waals surface area contributed by atoms with Crippen LogP contribution in [0.2, 0.25) is 10.2 Å². The van der Waals surface area contributed by atoms with Crippen molar-refractivity contribution in [1.82, 2.24) is 9.97 Å². The van der Waals surface area contributed by atoms with Gasteiger partial charge in [0.1, 0.15) is 11.0 Å². The van der Waals surface area contributed by atoms with E-state index < -0.39 is 0 Å². The highest BCUT2D eigenvalue weighted by Gasteiger charge is 2.20. The number of nitrogens with zero attached hydrogens (tertiary/aromatic N) is 2. The molecular formula is C18H18Cl2N4O. The zero-order chi connectivity index (χ0) is 17.8. The van der Waals surface area contributed by atoms with Gasteiger partial charge in [-0.25, -0.2) is 4.98 Å². The summed E-state index contributed by atoms with van der Waals surface area (Å²) in [4.78, 5) is 8.30. The van der Waals surface area contributed by atoms with E-state index in [1.54, 1.807) is 0 Å². The maximum atomic E-state index is 9.26. The fourth-order valence-corrected chi connectivity index (χ4v) is 3.13. The van der Waals surface area contributed by atoms with Crippen molar-refractivity contribution in [3.63, 3.8) is 0 Å². The van der Waals surface area contributed by atoms with Gasteiger partial charge in [0, 0.05) is 23.6 Å². The lowest BCUT2D eigenvalue weighted by Crippen LogP contribution is -2.19. The van der Waals surface area contributed by atoms with E-state index in [0.717, 1.165) is 12.0 Å². The lowest BCUT2D eigenvalue weighted by molar-refractivity contribution is 0.250. The minimum atomic E-state index is 0.0509. The molecule has 5 nitrogen and oxygen atoms in total. The minimum Gasteiger partial charge on any atom is -0.396 e. The number of nitrogen functional groups attached to an aromatic ring is 1. The van der Waals surface area contributed by atoms with Crippen molar-refractivity contribution < 1.29 is 5.11 Å². The van der Waals surface area contributed by atoms with E-state index in [4.69, 9.17) is 28.9 Å². The van der Waals surface area contributed by atoms with Crippen LogP contribution in [-0.4, -0.2) is 27.7 Å². The number of benzene rings is 1. The second-order valence-corrected chi connectivity index (χ2v) is 6.57. The van der Waals surface area contributed by atoms with Gasteiger partial charge < -0.3 is 16.2 Å². The van der Waals surface area contributed by atoms with Crippen molar-refractivity contribution in [2.24, 2.45) is 5.92 Å². The van der Waals surface area contributed by atoms with Gasteiger partial charge in [0.05, 0.1) is 5.56 Å². The molecule has 25 heavy (non-hydrogen) atoms. The molecule has 1 aromatic heterocycles. The van der Waals surface area contributed by atoms with Crippen molar-refractivity contribution in [2.45, 2.75) is 12.5 Å². The third kappa shape index (κ3) is 4.31. The highest BCUT2D eigenvalue weighted by atomic mass is 35.5. The number of halogens is 2. The molecule has 0 fully saturated rings. The summed E-state index contributed by atoms with van der Waals surface area (Å²) in [5.41, 5.74) is 7.24. The summed E-state index contributed by atoms with van der Waals surface area (Å²) in [6, 6.07) is 7.55. The molecule has 0 unspecified atom stereocenters. The van der Waals surface area contributed by atoms with E-state index in [1.165, 1.54) is 0 Å². The summed E-state index contributed by atoms with van der Waals surface area (Å²) in [5.74, 6) is 0.798. The van der Waals surface area contributed by atoms with Crippen LogP contribution in [0.4, 0.5) is 11.8 Å². The Morgan fingerprint density at radius 1 is 1.20 bits per heavy atom. The smallest absolute Gasteiger partial charge is 0.223 e. The van der Waals surface area contributed by atoms with Crippen molar-refractivity contribution in [3.05, 3.63) is 57.7 Å². The first-order chi connectivity index (χ1) is 12.1. The molecular weight excluding hydrogens is 359 g/mol. The maximum absolute atomic E-state index is 9.26. The van der Waals surface area contributed by atoms with E-state index in [2.05, 4.69) is 15.3 Å². The molecule has 1 aromatic carbocycles. The Morgan fingerprint density at radius 3 is 2.72 bits per heavy atom. The normalized spacial score (nSPS) is 19.6. The van der Waals surface area contributed by atoms with Crippen molar-refractivity contribution in [2.75, 3.05) is 17.7 Å². The fraction of sp³-hybridized carbons (Fsp3) is 0.222. The van der Waals surface area contributed by atoms with Crippen LogP contribution in [-0.2, 0) is 0 Å². The van der Waals surface area contributed by atoms with Gasteiger partial charge in [0.25, 0.3) is 0 Å². The predicted molar refractivity (Wildman–Crippen MR) is 104 cm³/mol. The summed E-state index contributed by atoms with van der Waals surface area (Å²) in [6.07, 6.45) is 8.45. The molecule has 0 amide bonds. The number of aromatic nitrogens is 2. The highest BCUT2D eigenvalue weighted by molar-refractivity contribution is 6.32. The number of rotatable bonds is 5. The third-order valence-electron chi connectivity index (χ3n) is 3.98. The quantitative estimate of drug-likeness (QED) is 0.544. The van der Waals surface area contributed by atoms with Crippen LogP contribution in [0.25, 0.3) is 12.2 Å². The summed E-state index contributed by atoms with van der Waals surface area (Å²) in [5, 5.41) is 13.5. The number of aliphatic hydroxyl groups excluding tert-OH is 1. The minimum absolute atomic E-state index is 0.0509. The van der Waals surface area contributed by atoms with Gasteiger partial charge in [-0.3, -0.25) is 0 Å². The molecule has 0 spiro atoms. The largest absolute Gasteiger partial charge is 0.396 e. The van der Waals surface area contributed by atoms with Crippen LogP contribution in [0.1, 0.15) is 17.5 Å². The lowest BCUT2D eigenvalue weighted by atomic mass is 10.1. The summed E-state index contributed by atoms with van der Waals surface area (Å²) < 4.78 is 0. The van der Waals surface area contributed by atoms with E-state index in [9.17, 15) is 5.11 Å². The monoisotopic (exact) mass is 376 g/mol. The first kappa shape index (κ1) is 17.7. The molecule has 0 radical (unpaired) electrons. The Labute approximate surface area is 156 Å². The molecule has 1 aliphatic rings. The van der Waals surface area contributed by atoms with Crippen molar-refractivity contribution in [3.8, 4) is 0 Å².